The van der Waals surface area contributed by atoms with Gasteiger partial charge in [-0.25, -0.2) is 0 Å². The van der Waals surface area contributed by atoms with Crippen molar-refractivity contribution in [1.82, 2.24) is 10.2 Å². The highest BCUT2D eigenvalue weighted by atomic mass is 16.3. The molecule has 3 nitrogen and oxygen atoms in total. The van der Waals surface area contributed by atoms with Crippen molar-refractivity contribution in [3.63, 3.8) is 0 Å². The van der Waals surface area contributed by atoms with Gasteiger partial charge in [0.2, 0.25) is 0 Å². The number of likely N-dealkylation sites (tertiary alicyclic amines) is 1. The molecule has 0 amide bonds. The van der Waals surface area contributed by atoms with E-state index in [-0.39, 0.29) is 12.1 Å². The van der Waals surface area contributed by atoms with Crippen LogP contribution in [-0.4, -0.2) is 47.3 Å². The second-order valence-electron chi connectivity index (χ2n) is 6.85. The minimum absolute atomic E-state index is 0.0120. The van der Waals surface area contributed by atoms with Crippen LogP contribution in [0.1, 0.15) is 52.9 Å². The van der Waals surface area contributed by atoms with E-state index in [4.69, 9.17) is 0 Å². The summed E-state index contributed by atoms with van der Waals surface area (Å²) >= 11 is 0. The minimum atomic E-state index is -0.0120. The molecule has 18 heavy (non-hydrogen) atoms. The lowest BCUT2D eigenvalue weighted by molar-refractivity contribution is 0.114. The molecule has 3 heteroatoms. The van der Waals surface area contributed by atoms with Crippen LogP contribution in [0, 0.1) is 5.92 Å². The summed E-state index contributed by atoms with van der Waals surface area (Å²) in [5.41, 5.74) is -0.0120. The van der Waals surface area contributed by atoms with Crippen molar-refractivity contribution in [2.45, 2.75) is 70.5 Å². The lowest BCUT2D eigenvalue weighted by atomic mass is 9.95. The van der Waals surface area contributed by atoms with Gasteiger partial charge in [-0.15, -0.1) is 0 Å². The van der Waals surface area contributed by atoms with E-state index in [0.717, 1.165) is 18.8 Å². The van der Waals surface area contributed by atoms with Crippen LogP contribution in [-0.2, 0) is 0 Å². The second-order valence-corrected chi connectivity index (χ2v) is 6.85. The average molecular weight is 254 g/mol. The molecule has 2 aliphatic rings. The largest absolute Gasteiger partial charge is 0.394 e. The molecule has 0 aromatic heterocycles. The van der Waals surface area contributed by atoms with E-state index in [2.05, 4.69) is 31.0 Å². The highest BCUT2D eigenvalue weighted by Gasteiger charge is 2.41. The lowest BCUT2D eigenvalue weighted by Gasteiger charge is -2.37. The molecule has 1 aliphatic carbocycles. The van der Waals surface area contributed by atoms with E-state index in [1.165, 1.54) is 32.4 Å². The molecule has 2 atom stereocenters. The number of aliphatic hydroxyl groups excluding tert-OH is 1. The van der Waals surface area contributed by atoms with Crippen molar-refractivity contribution in [1.29, 1.82) is 0 Å². The van der Waals surface area contributed by atoms with Crippen LogP contribution in [0.5, 0.6) is 0 Å². The molecule has 0 aromatic rings. The van der Waals surface area contributed by atoms with Gasteiger partial charge in [0.1, 0.15) is 0 Å². The highest BCUT2D eigenvalue weighted by molar-refractivity contribution is 5.00. The van der Waals surface area contributed by atoms with Gasteiger partial charge in [-0.05, 0) is 51.1 Å². The molecule has 1 saturated carbocycles. The minimum Gasteiger partial charge on any atom is -0.394 e. The SMILES string of the molecule is CC1CCN(C2CCC(CO)(NC(C)C)C2)CC1. The Morgan fingerprint density at radius 1 is 1.28 bits per heavy atom. The number of nitrogens with one attached hydrogen (secondary N) is 1. The molecule has 0 bridgehead atoms. The summed E-state index contributed by atoms with van der Waals surface area (Å²) in [5, 5.41) is 13.3. The first-order valence-electron chi connectivity index (χ1n) is 7.67. The van der Waals surface area contributed by atoms with Crippen LogP contribution >= 0.6 is 0 Å². The first-order valence-corrected chi connectivity index (χ1v) is 7.67. The van der Waals surface area contributed by atoms with Crippen LogP contribution in [0.3, 0.4) is 0 Å². The van der Waals surface area contributed by atoms with Gasteiger partial charge in [-0.2, -0.15) is 0 Å². The zero-order valence-corrected chi connectivity index (χ0v) is 12.3. The Kier molecular flexibility index (Phi) is 4.68. The van der Waals surface area contributed by atoms with E-state index < -0.39 is 0 Å². The molecule has 0 aromatic carbocycles. The highest BCUT2D eigenvalue weighted by Crippen LogP contribution is 2.35. The Bertz CT molecular complexity index is 261. The van der Waals surface area contributed by atoms with Crippen LogP contribution in [0.25, 0.3) is 0 Å². The lowest BCUT2D eigenvalue weighted by Crippen LogP contribution is -2.51. The molecule has 2 fully saturated rings. The summed E-state index contributed by atoms with van der Waals surface area (Å²) in [4.78, 5) is 2.67. The molecule has 0 radical (unpaired) electrons. The van der Waals surface area contributed by atoms with Crippen LogP contribution in [0.15, 0.2) is 0 Å². The number of nitrogens with zero attached hydrogens (tertiary/aromatic N) is 1. The Morgan fingerprint density at radius 2 is 1.94 bits per heavy atom. The summed E-state index contributed by atoms with van der Waals surface area (Å²) in [5.74, 6) is 0.902. The Morgan fingerprint density at radius 3 is 2.50 bits per heavy atom. The molecule has 0 spiro atoms. The van der Waals surface area contributed by atoms with Gasteiger partial charge < -0.3 is 15.3 Å². The van der Waals surface area contributed by atoms with Crippen molar-refractivity contribution >= 4 is 0 Å². The molecule has 2 unspecified atom stereocenters. The summed E-state index contributed by atoms with van der Waals surface area (Å²) in [6, 6.07) is 1.15. The fourth-order valence-corrected chi connectivity index (χ4v) is 3.74. The molecular weight excluding hydrogens is 224 g/mol. The maximum absolute atomic E-state index is 9.74. The van der Waals surface area contributed by atoms with Gasteiger partial charge in [0.15, 0.2) is 0 Å². The zero-order valence-electron chi connectivity index (χ0n) is 12.3. The van der Waals surface area contributed by atoms with E-state index >= 15 is 0 Å². The monoisotopic (exact) mass is 254 g/mol. The molecule has 1 aliphatic heterocycles. The number of hydrogen-bond donors (Lipinski definition) is 2. The van der Waals surface area contributed by atoms with Crippen LogP contribution < -0.4 is 5.32 Å². The van der Waals surface area contributed by atoms with Gasteiger partial charge >= 0.3 is 0 Å². The predicted molar refractivity (Wildman–Crippen MR) is 75.7 cm³/mol. The van der Waals surface area contributed by atoms with Crippen LogP contribution in [0.4, 0.5) is 0 Å². The van der Waals surface area contributed by atoms with Gasteiger partial charge in [0, 0.05) is 17.6 Å². The number of hydrogen-bond acceptors (Lipinski definition) is 3. The number of rotatable bonds is 4. The van der Waals surface area contributed by atoms with Gasteiger partial charge in [0.25, 0.3) is 0 Å². The third kappa shape index (κ3) is 3.25. The molecular formula is C15H30N2O. The fourth-order valence-electron chi connectivity index (χ4n) is 3.74. The van der Waals surface area contributed by atoms with Crippen molar-refractivity contribution < 1.29 is 5.11 Å². The van der Waals surface area contributed by atoms with E-state index in [1.807, 2.05) is 0 Å². The molecule has 2 rings (SSSR count). The number of piperidine rings is 1. The first kappa shape index (κ1) is 14.3. The smallest absolute Gasteiger partial charge is 0.0614 e. The van der Waals surface area contributed by atoms with Crippen molar-refractivity contribution in [3.05, 3.63) is 0 Å². The van der Waals surface area contributed by atoms with Crippen molar-refractivity contribution in [2.75, 3.05) is 19.7 Å². The van der Waals surface area contributed by atoms with Gasteiger partial charge in [0.05, 0.1) is 6.61 Å². The Hall–Kier alpha value is -0.120. The van der Waals surface area contributed by atoms with Crippen molar-refractivity contribution in [2.24, 2.45) is 5.92 Å². The summed E-state index contributed by atoms with van der Waals surface area (Å²) in [6.07, 6.45) is 6.18. The predicted octanol–water partition coefficient (Wildman–Crippen LogP) is 2.00. The molecule has 1 heterocycles. The van der Waals surface area contributed by atoms with E-state index in [1.54, 1.807) is 0 Å². The Balaban J connectivity index is 1.90. The van der Waals surface area contributed by atoms with E-state index in [0.29, 0.717) is 12.1 Å². The summed E-state index contributed by atoms with van der Waals surface area (Å²) < 4.78 is 0. The molecule has 1 saturated heterocycles. The van der Waals surface area contributed by atoms with Gasteiger partial charge in [-0.1, -0.05) is 20.8 Å². The third-order valence-corrected chi connectivity index (χ3v) is 4.81. The topological polar surface area (TPSA) is 35.5 Å². The fraction of sp³-hybridized carbons (Fsp3) is 1.00. The second kappa shape index (κ2) is 5.89. The maximum atomic E-state index is 9.74. The van der Waals surface area contributed by atoms with Crippen molar-refractivity contribution in [3.8, 4) is 0 Å². The number of aliphatic hydroxyl groups is 1. The molecule has 2 N–H and O–H groups in total. The summed E-state index contributed by atoms with van der Waals surface area (Å²) in [7, 11) is 0. The van der Waals surface area contributed by atoms with Crippen LogP contribution in [0.2, 0.25) is 0 Å². The van der Waals surface area contributed by atoms with E-state index in [9.17, 15) is 5.11 Å². The standard InChI is InChI=1S/C15H30N2O/c1-12(2)16-15(11-18)7-4-14(10-15)17-8-5-13(3)6-9-17/h12-14,16,18H,4-11H2,1-3H3. The first-order chi connectivity index (χ1) is 8.54. The maximum Gasteiger partial charge on any atom is 0.0614 e. The van der Waals surface area contributed by atoms with Gasteiger partial charge in [-0.3, -0.25) is 0 Å². The molecule has 106 valence electrons. The normalized spacial score (nSPS) is 35.5. The summed E-state index contributed by atoms with van der Waals surface area (Å²) in [6.45, 7) is 9.51. The third-order valence-electron chi connectivity index (χ3n) is 4.81. The average Bonchev–Trinajstić information content (AvgIpc) is 2.74. The zero-order chi connectivity index (χ0) is 13.2. The Labute approximate surface area is 112 Å². The quantitative estimate of drug-likeness (QED) is 0.805.